The Kier molecular flexibility index (Phi) is 3.73. The maximum Gasteiger partial charge on any atom is 0.151 e. The van der Waals surface area contributed by atoms with Crippen molar-refractivity contribution >= 4 is 9.84 Å². The summed E-state index contributed by atoms with van der Waals surface area (Å²) >= 11 is 0. The van der Waals surface area contributed by atoms with Gasteiger partial charge in [0.1, 0.15) is 5.75 Å². The van der Waals surface area contributed by atoms with Crippen LogP contribution >= 0.6 is 0 Å². The topological polar surface area (TPSA) is 57.6 Å². The van der Waals surface area contributed by atoms with Gasteiger partial charge in [-0.2, -0.15) is 0 Å². The molecule has 1 aromatic rings. The summed E-state index contributed by atoms with van der Waals surface area (Å²) in [7, 11) is -2.86. The van der Waals surface area contributed by atoms with Crippen molar-refractivity contribution in [3.63, 3.8) is 0 Å². The highest BCUT2D eigenvalue weighted by molar-refractivity contribution is 7.91. The molecule has 0 radical (unpaired) electrons. The summed E-state index contributed by atoms with van der Waals surface area (Å²) < 4.78 is 23.5. The molecule has 0 aromatic heterocycles. The summed E-state index contributed by atoms with van der Waals surface area (Å²) in [5.41, 5.74) is 2.49. The van der Waals surface area contributed by atoms with E-state index in [1.165, 1.54) is 11.1 Å². The molecule has 20 heavy (non-hydrogen) atoms. The molecule has 3 rings (SSSR count). The fourth-order valence-corrected chi connectivity index (χ4v) is 4.71. The first-order valence-electron chi connectivity index (χ1n) is 7.31. The maximum atomic E-state index is 11.7. The standard InChI is InChI=1S/C15H21NO3S/c17-13-5-6-14-12(11-13)3-1-4-15(14)16-7-2-9-20(18,19)10-8-16/h5-6,11,15,17H,1-4,7-10H2. The average molecular weight is 295 g/mol. The van der Waals surface area contributed by atoms with E-state index in [1.807, 2.05) is 12.1 Å². The largest absolute Gasteiger partial charge is 0.508 e. The van der Waals surface area contributed by atoms with Crippen LogP contribution in [0.2, 0.25) is 0 Å². The molecule has 5 heteroatoms. The van der Waals surface area contributed by atoms with Crippen molar-refractivity contribution in [2.45, 2.75) is 31.7 Å². The number of nitrogens with zero attached hydrogens (tertiary/aromatic N) is 1. The lowest BCUT2D eigenvalue weighted by atomic mass is 9.86. The van der Waals surface area contributed by atoms with Crippen LogP contribution in [0.4, 0.5) is 0 Å². The summed E-state index contributed by atoms with van der Waals surface area (Å²) in [5, 5.41) is 9.61. The number of fused-ring (bicyclic) bond motifs is 1. The van der Waals surface area contributed by atoms with Crippen molar-refractivity contribution in [1.29, 1.82) is 0 Å². The van der Waals surface area contributed by atoms with E-state index in [-0.39, 0.29) is 5.75 Å². The van der Waals surface area contributed by atoms with Crippen LogP contribution < -0.4 is 0 Å². The zero-order valence-electron chi connectivity index (χ0n) is 11.6. The second-order valence-corrected chi connectivity index (χ2v) is 8.14. The van der Waals surface area contributed by atoms with Crippen molar-refractivity contribution in [1.82, 2.24) is 4.90 Å². The van der Waals surface area contributed by atoms with Gasteiger partial charge in [-0.1, -0.05) is 6.07 Å². The first kappa shape index (κ1) is 13.9. The van der Waals surface area contributed by atoms with Gasteiger partial charge in [-0.3, -0.25) is 4.90 Å². The van der Waals surface area contributed by atoms with Gasteiger partial charge in [0.2, 0.25) is 0 Å². The lowest BCUT2D eigenvalue weighted by Crippen LogP contribution is -2.33. The molecule has 1 aliphatic heterocycles. The number of aryl methyl sites for hydroxylation is 1. The molecular formula is C15H21NO3S. The van der Waals surface area contributed by atoms with Crippen molar-refractivity contribution in [2.75, 3.05) is 24.6 Å². The summed E-state index contributed by atoms with van der Waals surface area (Å²) in [6, 6.07) is 5.92. The molecule has 110 valence electrons. The average Bonchev–Trinajstić information content (AvgIpc) is 2.59. The summed E-state index contributed by atoms with van der Waals surface area (Å²) in [6.45, 7) is 1.48. The van der Waals surface area contributed by atoms with Gasteiger partial charge in [-0.25, -0.2) is 8.42 Å². The van der Waals surface area contributed by atoms with E-state index in [1.54, 1.807) is 6.07 Å². The fourth-order valence-electron chi connectivity index (χ4n) is 3.42. The Morgan fingerprint density at radius 1 is 1.15 bits per heavy atom. The van der Waals surface area contributed by atoms with Gasteiger partial charge in [0.15, 0.2) is 9.84 Å². The highest BCUT2D eigenvalue weighted by Gasteiger charge is 2.29. The lowest BCUT2D eigenvalue weighted by Gasteiger charge is -2.35. The van der Waals surface area contributed by atoms with Gasteiger partial charge in [0.05, 0.1) is 11.5 Å². The SMILES string of the molecule is O=S1(=O)CCCN(C2CCCc3cc(O)ccc32)CC1. The molecule has 1 aromatic carbocycles. The normalized spacial score (nSPS) is 26.7. The van der Waals surface area contributed by atoms with Crippen LogP contribution in [0.25, 0.3) is 0 Å². The van der Waals surface area contributed by atoms with Crippen LogP contribution in [0.15, 0.2) is 18.2 Å². The van der Waals surface area contributed by atoms with E-state index in [2.05, 4.69) is 4.90 Å². The predicted octanol–water partition coefficient (Wildman–Crippen LogP) is 1.89. The zero-order chi connectivity index (χ0) is 14.2. The number of aromatic hydroxyl groups is 1. The molecule has 2 aliphatic rings. The minimum atomic E-state index is -2.86. The number of hydrogen-bond donors (Lipinski definition) is 1. The van der Waals surface area contributed by atoms with Gasteiger partial charge in [-0.15, -0.1) is 0 Å². The van der Waals surface area contributed by atoms with Crippen molar-refractivity contribution in [3.05, 3.63) is 29.3 Å². The number of phenols is 1. The smallest absolute Gasteiger partial charge is 0.151 e. The van der Waals surface area contributed by atoms with Crippen molar-refractivity contribution < 1.29 is 13.5 Å². The molecule has 1 fully saturated rings. The molecule has 1 aliphatic carbocycles. The van der Waals surface area contributed by atoms with E-state index in [4.69, 9.17) is 0 Å². The monoisotopic (exact) mass is 295 g/mol. The van der Waals surface area contributed by atoms with Gasteiger partial charge in [-0.05, 0) is 55.5 Å². The second-order valence-electron chi connectivity index (χ2n) is 5.83. The Morgan fingerprint density at radius 2 is 2.00 bits per heavy atom. The number of benzene rings is 1. The predicted molar refractivity (Wildman–Crippen MR) is 78.6 cm³/mol. The Hall–Kier alpha value is -1.07. The van der Waals surface area contributed by atoms with Crippen molar-refractivity contribution in [2.24, 2.45) is 0 Å². The quantitative estimate of drug-likeness (QED) is 0.859. The highest BCUT2D eigenvalue weighted by Crippen LogP contribution is 2.36. The minimum absolute atomic E-state index is 0.275. The Labute approximate surface area is 120 Å². The van der Waals surface area contributed by atoms with E-state index in [9.17, 15) is 13.5 Å². The van der Waals surface area contributed by atoms with E-state index in [0.717, 1.165) is 32.2 Å². The summed E-state index contributed by atoms with van der Waals surface area (Å²) in [5.74, 6) is 0.915. The third kappa shape index (κ3) is 2.83. The minimum Gasteiger partial charge on any atom is -0.508 e. The Morgan fingerprint density at radius 3 is 2.85 bits per heavy atom. The summed E-state index contributed by atoms with van der Waals surface area (Å²) in [6.07, 6.45) is 3.92. The van der Waals surface area contributed by atoms with Crippen molar-refractivity contribution in [3.8, 4) is 5.75 Å². The van der Waals surface area contributed by atoms with Crippen LogP contribution in [-0.2, 0) is 16.3 Å². The summed E-state index contributed by atoms with van der Waals surface area (Å²) in [4.78, 5) is 2.32. The third-order valence-electron chi connectivity index (χ3n) is 4.44. The fraction of sp³-hybridized carbons (Fsp3) is 0.600. The van der Waals surface area contributed by atoms with Gasteiger partial charge in [0, 0.05) is 12.6 Å². The first-order valence-corrected chi connectivity index (χ1v) is 9.13. The number of sulfone groups is 1. The molecule has 1 saturated heterocycles. The van der Waals surface area contributed by atoms with E-state index in [0.29, 0.717) is 24.1 Å². The lowest BCUT2D eigenvalue weighted by molar-refractivity contribution is 0.192. The van der Waals surface area contributed by atoms with Crippen LogP contribution in [0.3, 0.4) is 0 Å². The molecular weight excluding hydrogens is 274 g/mol. The molecule has 1 unspecified atom stereocenters. The van der Waals surface area contributed by atoms with Crippen LogP contribution in [0, 0.1) is 0 Å². The third-order valence-corrected chi connectivity index (χ3v) is 6.16. The van der Waals surface area contributed by atoms with Gasteiger partial charge < -0.3 is 5.11 Å². The van der Waals surface area contributed by atoms with Crippen LogP contribution in [0.5, 0.6) is 5.75 Å². The van der Waals surface area contributed by atoms with Gasteiger partial charge in [0.25, 0.3) is 0 Å². The Balaban J connectivity index is 1.85. The second kappa shape index (κ2) is 5.37. The number of hydrogen-bond acceptors (Lipinski definition) is 4. The van der Waals surface area contributed by atoms with E-state index >= 15 is 0 Å². The molecule has 0 spiro atoms. The zero-order valence-corrected chi connectivity index (χ0v) is 12.4. The first-order chi connectivity index (χ1) is 9.55. The van der Waals surface area contributed by atoms with Gasteiger partial charge >= 0.3 is 0 Å². The number of rotatable bonds is 1. The molecule has 1 heterocycles. The molecule has 1 N–H and O–H groups in total. The highest BCUT2D eigenvalue weighted by atomic mass is 32.2. The molecule has 4 nitrogen and oxygen atoms in total. The van der Waals surface area contributed by atoms with E-state index < -0.39 is 9.84 Å². The molecule has 0 bridgehead atoms. The molecule has 0 saturated carbocycles. The van der Waals surface area contributed by atoms with Crippen LogP contribution in [0.1, 0.15) is 36.4 Å². The van der Waals surface area contributed by atoms with Crippen LogP contribution in [-0.4, -0.2) is 43.0 Å². The molecule has 1 atom stereocenters. The molecule has 0 amide bonds. The maximum absolute atomic E-state index is 11.7. The number of phenolic OH excluding ortho intramolecular Hbond substituents is 1. The Bertz CT molecular complexity index is 597.